The molecule has 78 valence electrons. The van der Waals surface area contributed by atoms with Crippen molar-refractivity contribution in [3.05, 3.63) is 34.3 Å². The Balaban J connectivity index is 0.000000980. The Hall–Kier alpha value is -0.0500. The van der Waals surface area contributed by atoms with Crippen molar-refractivity contribution in [1.82, 2.24) is 5.32 Å². The predicted molar refractivity (Wildman–Crippen MR) is 66.0 cm³/mol. The second kappa shape index (κ2) is 5.74. The van der Waals surface area contributed by atoms with E-state index in [9.17, 15) is 0 Å². The first-order chi connectivity index (χ1) is 6.38. The normalized spacial score (nSPS) is 21.4. The average molecular weight is 277 g/mol. The molecule has 0 aromatic heterocycles. The molecule has 0 bridgehead atoms. The molecular formula is C11H15BrClN. The Kier molecular flexibility index (Phi) is 4.93. The lowest BCUT2D eigenvalue weighted by Crippen LogP contribution is -2.26. The lowest BCUT2D eigenvalue weighted by Gasteiger charge is -2.24. The molecule has 1 atom stereocenters. The van der Waals surface area contributed by atoms with Crippen molar-refractivity contribution in [3.63, 3.8) is 0 Å². The van der Waals surface area contributed by atoms with Crippen LogP contribution < -0.4 is 5.32 Å². The molecule has 0 amide bonds. The summed E-state index contributed by atoms with van der Waals surface area (Å²) in [5, 5.41) is 3.55. The van der Waals surface area contributed by atoms with Gasteiger partial charge in [-0.25, -0.2) is 0 Å². The minimum atomic E-state index is 0. The van der Waals surface area contributed by atoms with Crippen LogP contribution in [0.5, 0.6) is 0 Å². The summed E-state index contributed by atoms with van der Waals surface area (Å²) in [6, 6.07) is 9.05. The third-order valence-corrected chi connectivity index (χ3v) is 3.31. The molecule has 0 aliphatic carbocycles. The monoisotopic (exact) mass is 275 g/mol. The highest BCUT2D eigenvalue weighted by molar-refractivity contribution is 9.10. The molecule has 1 fully saturated rings. The van der Waals surface area contributed by atoms with Gasteiger partial charge >= 0.3 is 0 Å². The minimum absolute atomic E-state index is 0. The molecule has 3 heteroatoms. The fourth-order valence-corrected chi connectivity index (χ4v) is 2.44. The highest BCUT2D eigenvalue weighted by Gasteiger charge is 2.15. The van der Waals surface area contributed by atoms with Crippen LogP contribution in [-0.2, 0) is 0 Å². The molecule has 14 heavy (non-hydrogen) atoms. The summed E-state index contributed by atoms with van der Waals surface area (Å²) in [4.78, 5) is 0. The van der Waals surface area contributed by atoms with Gasteiger partial charge in [0, 0.05) is 10.5 Å². The van der Waals surface area contributed by atoms with Crippen LogP contribution in [0.4, 0.5) is 0 Å². The lowest BCUT2D eigenvalue weighted by molar-refractivity contribution is 0.411. The lowest BCUT2D eigenvalue weighted by atomic mass is 9.98. The Bertz CT molecular complexity index is 284. The number of piperidine rings is 1. The van der Waals surface area contributed by atoms with E-state index in [0.717, 1.165) is 6.54 Å². The molecule has 1 aromatic carbocycles. The van der Waals surface area contributed by atoms with Gasteiger partial charge in [-0.05, 0) is 31.0 Å². The van der Waals surface area contributed by atoms with E-state index in [4.69, 9.17) is 0 Å². The van der Waals surface area contributed by atoms with Crippen LogP contribution in [0.2, 0.25) is 0 Å². The third kappa shape index (κ3) is 2.72. The van der Waals surface area contributed by atoms with E-state index in [1.165, 1.54) is 29.3 Å². The highest BCUT2D eigenvalue weighted by atomic mass is 79.9. The molecule has 1 aliphatic heterocycles. The Morgan fingerprint density at radius 2 is 2.00 bits per heavy atom. The van der Waals surface area contributed by atoms with E-state index in [0.29, 0.717) is 6.04 Å². The maximum atomic E-state index is 3.59. The van der Waals surface area contributed by atoms with Crippen molar-refractivity contribution in [2.45, 2.75) is 25.3 Å². The number of benzene rings is 1. The minimum Gasteiger partial charge on any atom is -0.310 e. The fraction of sp³-hybridized carbons (Fsp3) is 0.455. The summed E-state index contributed by atoms with van der Waals surface area (Å²) < 4.78 is 1.23. The molecule has 0 saturated carbocycles. The highest BCUT2D eigenvalue weighted by Crippen LogP contribution is 2.28. The first kappa shape index (κ1) is 12.0. The molecule has 0 radical (unpaired) electrons. The molecule has 2 rings (SSSR count). The van der Waals surface area contributed by atoms with E-state index in [1.54, 1.807) is 0 Å². The molecule has 1 unspecified atom stereocenters. The zero-order chi connectivity index (χ0) is 9.10. The number of halogens is 2. The van der Waals surface area contributed by atoms with E-state index < -0.39 is 0 Å². The zero-order valence-corrected chi connectivity index (χ0v) is 10.4. The Labute approximate surface area is 99.8 Å². The van der Waals surface area contributed by atoms with Crippen LogP contribution in [0, 0.1) is 0 Å². The van der Waals surface area contributed by atoms with Gasteiger partial charge in [0.25, 0.3) is 0 Å². The second-order valence-corrected chi connectivity index (χ2v) is 4.38. The third-order valence-electron chi connectivity index (χ3n) is 2.59. The summed E-state index contributed by atoms with van der Waals surface area (Å²) in [7, 11) is 0. The summed E-state index contributed by atoms with van der Waals surface area (Å²) in [5.74, 6) is 0. The van der Waals surface area contributed by atoms with Gasteiger partial charge in [0.05, 0.1) is 0 Å². The van der Waals surface area contributed by atoms with E-state index in [-0.39, 0.29) is 12.4 Å². The molecule has 1 heterocycles. The largest absolute Gasteiger partial charge is 0.310 e. The Morgan fingerprint density at radius 1 is 1.21 bits per heavy atom. The van der Waals surface area contributed by atoms with Gasteiger partial charge < -0.3 is 5.32 Å². The molecular weight excluding hydrogens is 261 g/mol. The Morgan fingerprint density at radius 3 is 2.64 bits per heavy atom. The van der Waals surface area contributed by atoms with Gasteiger partial charge in [0.15, 0.2) is 0 Å². The molecule has 1 saturated heterocycles. The van der Waals surface area contributed by atoms with Crippen molar-refractivity contribution in [3.8, 4) is 0 Å². The van der Waals surface area contributed by atoms with Crippen molar-refractivity contribution in [2.24, 2.45) is 0 Å². The maximum Gasteiger partial charge on any atom is 0.0331 e. The van der Waals surface area contributed by atoms with Crippen LogP contribution in [0.3, 0.4) is 0 Å². The second-order valence-electron chi connectivity index (χ2n) is 3.52. The number of nitrogens with one attached hydrogen (secondary N) is 1. The molecule has 1 aliphatic rings. The average Bonchev–Trinajstić information content (AvgIpc) is 2.20. The number of hydrogen-bond acceptors (Lipinski definition) is 1. The van der Waals surface area contributed by atoms with E-state index >= 15 is 0 Å². The zero-order valence-electron chi connectivity index (χ0n) is 8.00. The first-order valence-electron chi connectivity index (χ1n) is 4.86. The van der Waals surface area contributed by atoms with Crippen molar-refractivity contribution < 1.29 is 0 Å². The summed E-state index contributed by atoms with van der Waals surface area (Å²) in [5.41, 5.74) is 1.40. The quantitative estimate of drug-likeness (QED) is 0.825. The summed E-state index contributed by atoms with van der Waals surface area (Å²) in [6.07, 6.45) is 3.93. The molecule has 1 nitrogen and oxygen atoms in total. The maximum absolute atomic E-state index is 3.59. The van der Waals surface area contributed by atoms with Crippen LogP contribution in [0.1, 0.15) is 30.9 Å². The van der Waals surface area contributed by atoms with Crippen LogP contribution in [-0.4, -0.2) is 6.54 Å². The van der Waals surface area contributed by atoms with Crippen molar-refractivity contribution >= 4 is 28.3 Å². The number of hydrogen-bond donors (Lipinski definition) is 1. The van der Waals surface area contributed by atoms with Gasteiger partial charge in [-0.2, -0.15) is 0 Å². The molecule has 0 spiro atoms. The smallest absolute Gasteiger partial charge is 0.0331 e. The van der Waals surface area contributed by atoms with Crippen LogP contribution >= 0.6 is 28.3 Å². The van der Waals surface area contributed by atoms with Gasteiger partial charge in [-0.3, -0.25) is 0 Å². The van der Waals surface area contributed by atoms with Gasteiger partial charge in [0.1, 0.15) is 0 Å². The van der Waals surface area contributed by atoms with E-state index in [2.05, 4.69) is 45.5 Å². The number of rotatable bonds is 1. The SMILES string of the molecule is Brc1ccccc1C1CCCCN1.Cl. The fourth-order valence-electron chi connectivity index (χ4n) is 1.87. The molecule has 1 N–H and O–H groups in total. The molecule has 1 aromatic rings. The van der Waals surface area contributed by atoms with Gasteiger partial charge in [-0.15, -0.1) is 12.4 Å². The van der Waals surface area contributed by atoms with Crippen molar-refractivity contribution in [1.29, 1.82) is 0 Å². The van der Waals surface area contributed by atoms with Crippen LogP contribution in [0.15, 0.2) is 28.7 Å². The van der Waals surface area contributed by atoms with Crippen LogP contribution in [0.25, 0.3) is 0 Å². The van der Waals surface area contributed by atoms with E-state index in [1.807, 2.05) is 0 Å². The first-order valence-corrected chi connectivity index (χ1v) is 5.65. The summed E-state index contributed by atoms with van der Waals surface area (Å²) >= 11 is 3.59. The topological polar surface area (TPSA) is 12.0 Å². The standard InChI is InChI=1S/C11H14BrN.ClH/c12-10-6-2-1-5-9(10)11-7-3-4-8-13-11;/h1-2,5-6,11,13H,3-4,7-8H2;1H. The van der Waals surface area contributed by atoms with Gasteiger partial charge in [0.2, 0.25) is 0 Å². The van der Waals surface area contributed by atoms with Crippen molar-refractivity contribution in [2.75, 3.05) is 6.54 Å². The predicted octanol–water partition coefficient (Wildman–Crippen LogP) is 3.69. The summed E-state index contributed by atoms with van der Waals surface area (Å²) in [6.45, 7) is 1.16. The van der Waals surface area contributed by atoms with Gasteiger partial charge in [-0.1, -0.05) is 40.5 Å².